The minimum atomic E-state index is -1.38. The molecule has 7 heteroatoms. The fourth-order valence-electron chi connectivity index (χ4n) is 4.23. The zero-order valence-corrected chi connectivity index (χ0v) is 13.5. The highest BCUT2D eigenvalue weighted by atomic mass is 16.5. The lowest BCUT2D eigenvalue weighted by Gasteiger charge is -2.39. The van der Waals surface area contributed by atoms with Gasteiger partial charge in [-0.1, -0.05) is 0 Å². The lowest BCUT2D eigenvalue weighted by molar-refractivity contribution is -0.167. The Kier molecular flexibility index (Phi) is 4.08. The quantitative estimate of drug-likeness (QED) is 0.740. The van der Waals surface area contributed by atoms with Gasteiger partial charge in [-0.05, 0) is 32.1 Å². The molecule has 0 bridgehead atoms. The van der Waals surface area contributed by atoms with Crippen LogP contribution in [-0.2, 0) is 19.1 Å². The minimum absolute atomic E-state index is 0.0930. The fourth-order valence-corrected chi connectivity index (χ4v) is 4.23. The van der Waals surface area contributed by atoms with Crippen molar-refractivity contribution >= 4 is 17.8 Å². The molecule has 2 amide bonds. The Bertz CT molecular complexity index is 529. The second-order valence-electron chi connectivity index (χ2n) is 7.09. The number of nitrogens with zero attached hydrogens (tertiary/aromatic N) is 2. The van der Waals surface area contributed by atoms with Gasteiger partial charge in [0.1, 0.15) is 0 Å². The summed E-state index contributed by atoms with van der Waals surface area (Å²) in [5, 5.41) is 9.64. The third-order valence-electron chi connectivity index (χ3n) is 5.76. The van der Waals surface area contributed by atoms with E-state index < -0.39 is 16.8 Å². The summed E-state index contributed by atoms with van der Waals surface area (Å²) in [5.74, 6) is -1.32. The summed E-state index contributed by atoms with van der Waals surface area (Å²) in [4.78, 5) is 40.6. The maximum atomic E-state index is 12.9. The molecule has 3 saturated heterocycles. The van der Waals surface area contributed by atoms with E-state index in [0.717, 1.165) is 19.4 Å². The molecule has 3 aliphatic rings. The van der Waals surface area contributed by atoms with Crippen LogP contribution in [0.1, 0.15) is 32.1 Å². The average molecular weight is 324 g/mol. The van der Waals surface area contributed by atoms with Gasteiger partial charge in [-0.3, -0.25) is 14.4 Å². The highest BCUT2D eigenvalue weighted by Crippen LogP contribution is 2.42. The van der Waals surface area contributed by atoms with Crippen molar-refractivity contribution in [3.63, 3.8) is 0 Å². The number of carbonyl (C=O) groups excluding carboxylic acids is 2. The second-order valence-corrected chi connectivity index (χ2v) is 7.09. The molecule has 1 N–H and O–H groups in total. The molecule has 23 heavy (non-hydrogen) atoms. The van der Waals surface area contributed by atoms with Crippen molar-refractivity contribution in [1.29, 1.82) is 0 Å². The maximum absolute atomic E-state index is 12.9. The molecule has 0 aromatic carbocycles. The summed E-state index contributed by atoms with van der Waals surface area (Å²) in [6.07, 6.45) is 2.76. The van der Waals surface area contributed by atoms with Crippen LogP contribution in [0.4, 0.5) is 0 Å². The van der Waals surface area contributed by atoms with E-state index in [9.17, 15) is 19.5 Å². The van der Waals surface area contributed by atoms with Crippen molar-refractivity contribution in [2.45, 2.75) is 32.1 Å². The monoisotopic (exact) mass is 324 g/mol. The lowest BCUT2D eigenvalue weighted by atomic mass is 9.77. The minimum Gasteiger partial charge on any atom is -0.480 e. The second kappa shape index (κ2) is 5.78. The van der Waals surface area contributed by atoms with Crippen molar-refractivity contribution in [1.82, 2.24) is 9.80 Å². The molecule has 1 spiro atoms. The van der Waals surface area contributed by atoms with Crippen molar-refractivity contribution in [2.75, 3.05) is 39.9 Å². The van der Waals surface area contributed by atoms with Crippen LogP contribution in [0.2, 0.25) is 0 Å². The number of carboxylic acids is 1. The molecule has 0 saturated carbocycles. The molecule has 3 fully saturated rings. The van der Waals surface area contributed by atoms with E-state index in [4.69, 9.17) is 4.74 Å². The molecule has 3 aliphatic heterocycles. The van der Waals surface area contributed by atoms with Gasteiger partial charge >= 0.3 is 5.97 Å². The SMILES string of the molecule is CN1CCCC2(CCN(C(=O)C3(C(=O)O)CCOCC3)C2)C1=O. The Labute approximate surface area is 135 Å². The molecule has 3 heterocycles. The maximum Gasteiger partial charge on any atom is 0.319 e. The van der Waals surface area contributed by atoms with Gasteiger partial charge in [-0.25, -0.2) is 0 Å². The van der Waals surface area contributed by atoms with Crippen molar-refractivity contribution in [3.05, 3.63) is 0 Å². The van der Waals surface area contributed by atoms with Crippen LogP contribution in [0.3, 0.4) is 0 Å². The number of hydrogen-bond acceptors (Lipinski definition) is 4. The van der Waals surface area contributed by atoms with Gasteiger partial charge in [-0.2, -0.15) is 0 Å². The third kappa shape index (κ3) is 2.51. The van der Waals surface area contributed by atoms with Gasteiger partial charge in [0.25, 0.3) is 0 Å². The fraction of sp³-hybridized carbons (Fsp3) is 0.812. The number of hydrogen-bond donors (Lipinski definition) is 1. The zero-order chi connectivity index (χ0) is 16.7. The van der Waals surface area contributed by atoms with E-state index in [-0.39, 0.29) is 24.7 Å². The standard InChI is InChI=1S/C16H24N2O5/c1-17-7-2-3-15(12(17)19)4-8-18(11-15)13(20)16(14(21)22)5-9-23-10-6-16/h2-11H2,1H3,(H,21,22). The molecule has 3 rings (SSSR count). The van der Waals surface area contributed by atoms with Gasteiger partial charge in [-0.15, -0.1) is 0 Å². The Morgan fingerprint density at radius 3 is 2.48 bits per heavy atom. The first-order valence-electron chi connectivity index (χ1n) is 8.27. The molecule has 128 valence electrons. The van der Waals surface area contributed by atoms with Gasteiger partial charge in [0.05, 0.1) is 5.41 Å². The van der Waals surface area contributed by atoms with Crippen LogP contribution in [0.15, 0.2) is 0 Å². The Hall–Kier alpha value is -1.63. The number of ether oxygens (including phenoxy) is 1. The summed E-state index contributed by atoms with van der Waals surface area (Å²) in [7, 11) is 1.80. The normalized spacial score (nSPS) is 30.7. The van der Waals surface area contributed by atoms with E-state index in [1.54, 1.807) is 16.8 Å². The molecule has 0 aliphatic carbocycles. The predicted octanol–water partition coefficient (Wildman–Crippen LogP) is 0.339. The first-order chi connectivity index (χ1) is 10.9. The number of amides is 2. The first kappa shape index (κ1) is 16.2. The zero-order valence-electron chi connectivity index (χ0n) is 13.5. The first-order valence-corrected chi connectivity index (χ1v) is 8.27. The van der Waals surface area contributed by atoms with E-state index in [0.29, 0.717) is 32.7 Å². The summed E-state index contributed by atoms with van der Waals surface area (Å²) in [5.41, 5.74) is -1.89. The largest absolute Gasteiger partial charge is 0.480 e. The number of rotatable bonds is 2. The summed E-state index contributed by atoms with van der Waals surface area (Å²) in [6.45, 7) is 2.15. The molecule has 1 atom stereocenters. The number of carbonyl (C=O) groups is 3. The van der Waals surface area contributed by atoms with Crippen molar-refractivity contribution in [2.24, 2.45) is 10.8 Å². The summed E-state index contributed by atoms with van der Waals surface area (Å²) in [6, 6.07) is 0. The molecule has 1 unspecified atom stereocenters. The molecule has 7 nitrogen and oxygen atoms in total. The third-order valence-corrected chi connectivity index (χ3v) is 5.76. The number of likely N-dealkylation sites (tertiary alicyclic amines) is 2. The molecule has 0 aromatic rings. The van der Waals surface area contributed by atoms with Crippen molar-refractivity contribution < 1.29 is 24.2 Å². The van der Waals surface area contributed by atoms with Crippen molar-refractivity contribution in [3.8, 4) is 0 Å². The Morgan fingerprint density at radius 1 is 1.13 bits per heavy atom. The van der Waals surface area contributed by atoms with Crippen LogP contribution in [0, 0.1) is 10.8 Å². The van der Waals surface area contributed by atoms with Gasteiger partial charge in [0, 0.05) is 39.9 Å². The van der Waals surface area contributed by atoms with Gasteiger partial charge in [0.2, 0.25) is 11.8 Å². The van der Waals surface area contributed by atoms with Crippen LogP contribution in [0.5, 0.6) is 0 Å². The summed E-state index contributed by atoms with van der Waals surface area (Å²) >= 11 is 0. The van der Waals surface area contributed by atoms with E-state index in [2.05, 4.69) is 0 Å². The van der Waals surface area contributed by atoms with Crippen LogP contribution >= 0.6 is 0 Å². The highest BCUT2D eigenvalue weighted by Gasteiger charge is 2.54. The van der Waals surface area contributed by atoms with Gasteiger partial charge in [0.15, 0.2) is 5.41 Å². The predicted molar refractivity (Wildman–Crippen MR) is 80.6 cm³/mol. The molecule has 0 radical (unpaired) electrons. The number of aliphatic carboxylic acids is 1. The van der Waals surface area contributed by atoms with Crippen LogP contribution in [0.25, 0.3) is 0 Å². The van der Waals surface area contributed by atoms with Gasteiger partial charge < -0.3 is 19.6 Å². The average Bonchev–Trinajstić information content (AvgIpc) is 2.97. The number of piperidine rings is 1. The van der Waals surface area contributed by atoms with Crippen LogP contribution < -0.4 is 0 Å². The molecular weight excluding hydrogens is 300 g/mol. The molecular formula is C16H24N2O5. The summed E-state index contributed by atoms with van der Waals surface area (Å²) < 4.78 is 5.23. The topological polar surface area (TPSA) is 87.2 Å². The Morgan fingerprint density at radius 2 is 1.83 bits per heavy atom. The van der Waals surface area contributed by atoms with E-state index in [1.807, 2.05) is 0 Å². The molecule has 0 aromatic heterocycles. The van der Waals surface area contributed by atoms with E-state index in [1.165, 1.54) is 0 Å². The lowest BCUT2D eigenvalue weighted by Crippen LogP contribution is -2.53. The Balaban J connectivity index is 1.79. The number of carboxylic acid groups (broad SMARTS) is 1. The highest BCUT2D eigenvalue weighted by molar-refractivity contribution is 6.02. The van der Waals surface area contributed by atoms with E-state index >= 15 is 0 Å². The smallest absolute Gasteiger partial charge is 0.319 e. The van der Waals surface area contributed by atoms with Crippen LogP contribution in [-0.4, -0.2) is 72.6 Å².